The molecule has 3 heteroatoms. The van der Waals surface area contributed by atoms with Crippen molar-refractivity contribution in [2.24, 2.45) is 5.41 Å². The highest BCUT2D eigenvalue weighted by Gasteiger charge is 2.06. The van der Waals surface area contributed by atoms with Crippen LogP contribution in [0.1, 0.15) is 29.1 Å². The number of hydrogen-bond donors (Lipinski definition) is 1. The number of methoxy groups -OCH3 is 2. The summed E-state index contributed by atoms with van der Waals surface area (Å²) in [6.45, 7) is 12.4. The molecule has 0 atom stereocenters. The van der Waals surface area contributed by atoms with Crippen LogP contribution >= 0.6 is 0 Å². The van der Waals surface area contributed by atoms with Crippen LogP contribution in [-0.4, -0.2) is 40.5 Å². The van der Waals surface area contributed by atoms with Crippen molar-refractivity contribution in [3.63, 3.8) is 0 Å². The highest BCUT2D eigenvalue weighted by Crippen LogP contribution is 2.09. The van der Waals surface area contributed by atoms with Crippen LogP contribution in [0.15, 0.2) is 0 Å². The molecule has 0 heterocycles. The molecule has 0 aromatic heterocycles. The highest BCUT2D eigenvalue weighted by atomic mass is 16.5. The van der Waals surface area contributed by atoms with E-state index in [1.54, 1.807) is 14.2 Å². The zero-order chi connectivity index (χ0) is 11.4. The first-order chi connectivity index (χ1) is 6.47. The molecule has 0 aromatic rings. The van der Waals surface area contributed by atoms with Crippen molar-refractivity contribution in [3.05, 3.63) is 0 Å². The van der Waals surface area contributed by atoms with Crippen LogP contribution in [0.25, 0.3) is 0 Å². The summed E-state index contributed by atoms with van der Waals surface area (Å²) in [4.78, 5) is 0. The summed E-state index contributed by atoms with van der Waals surface area (Å²) in [6, 6.07) is 0. The van der Waals surface area contributed by atoms with Crippen molar-refractivity contribution in [1.82, 2.24) is 5.32 Å². The van der Waals surface area contributed by atoms with E-state index in [0.29, 0.717) is 18.6 Å². The summed E-state index contributed by atoms with van der Waals surface area (Å²) in [5.41, 5.74) is 0.440. The Morgan fingerprint density at radius 3 is 1.64 bits per heavy atom. The summed E-state index contributed by atoms with van der Waals surface area (Å²) in [5.74, 6) is 0. The maximum absolute atomic E-state index is 4.66. The number of ether oxygens (including phenoxy) is 2. The molecule has 0 saturated carbocycles. The first-order valence-electron chi connectivity index (χ1n) is 5.16. The van der Waals surface area contributed by atoms with Gasteiger partial charge in [-0.25, -0.2) is 0 Å². The standard InChI is InChI=1S/C7H17N.C4H10O2.H2/c1-5-8-6-7(2,3)4;1-5-3-4-6-2;/h8H,5-6H2,1-4H3;3-4H2,1-2H3;1H. The van der Waals surface area contributed by atoms with Gasteiger partial charge in [0.15, 0.2) is 0 Å². The third kappa shape index (κ3) is 22.6. The summed E-state index contributed by atoms with van der Waals surface area (Å²) in [7, 11) is 3.30. The van der Waals surface area contributed by atoms with Gasteiger partial charge in [0.2, 0.25) is 0 Å². The van der Waals surface area contributed by atoms with Gasteiger partial charge in [0.05, 0.1) is 13.2 Å². The van der Waals surface area contributed by atoms with Gasteiger partial charge in [0.1, 0.15) is 0 Å². The van der Waals surface area contributed by atoms with Crippen molar-refractivity contribution in [3.8, 4) is 0 Å². The van der Waals surface area contributed by atoms with Crippen molar-refractivity contribution in [1.29, 1.82) is 0 Å². The molecule has 0 amide bonds. The molecule has 0 fully saturated rings. The van der Waals surface area contributed by atoms with Gasteiger partial charge in [-0.1, -0.05) is 27.7 Å². The molecule has 0 bridgehead atoms. The normalized spacial score (nSPS) is 10.7. The SMILES string of the molecule is CCNCC(C)(C)C.COCCOC.[HH]. The van der Waals surface area contributed by atoms with Gasteiger partial charge < -0.3 is 14.8 Å². The van der Waals surface area contributed by atoms with E-state index in [9.17, 15) is 0 Å². The summed E-state index contributed by atoms with van der Waals surface area (Å²) in [6.07, 6.45) is 0. The van der Waals surface area contributed by atoms with Gasteiger partial charge in [0.25, 0.3) is 0 Å². The minimum Gasteiger partial charge on any atom is -0.382 e. The Balaban J connectivity index is -0.000000187. The lowest BCUT2D eigenvalue weighted by molar-refractivity contribution is 0.103. The number of rotatable bonds is 5. The molecule has 1 N–H and O–H groups in total. The Kier molecular flexibility index (Phi) is 12.8. The lowest BCUT2D eigenvalue weighted by Gasteiger charge is -2.17. The smallest absolute Gasteiger partial charge is 0.0696 e. The molecule has 0 radical (unpaired) electrons. The summed E-state index contributed by atoms with van der Waals surface area (Å²) in [5, 5.41) is 3.29. The van der Waals surface area contributed by atoms with Crippen LogP contribution in [0.3, 0.4) is 0 Å². The first kappa shape index (κ1) is 16.3. The zero-order valence-corrected chi connectivity index (χ0v) is 10.6. The van der Waals surface area contributed by atoms with Crippen molar-refractivity contribution >= 4 is 0 Å². The largest absolute Gasteiger partial charge is 0.382 e. The predicted octanol–water partition coefficient (Wildman–Crippen LogP) is 2.17. The van der Waals surface area contributed by atoms with E-state index < -0.39 is 0 Å². The van der Waals surface area contributed by atoms with Crippen LogP contribution in [0.2, 0.25) is 0 Å². The van der Waals surface area contributed by atoms with E-state index in [1.807, 2.05) is 0 Å². The van der Waals surface area contributed by atoms with Crippen LogP contribution in [0.5, 0.6) is 0 Å². The fourth-order valence-electron chi connectivity index (χ4n) is 0.667. The van der Waals surface area contributed by atoms with Gasteiger partial charge in [-0.2, -0.15) is 0 Å². The molecule has 90 valence electrons. The molecular weight excluding hydrogens is 178 g/mol. The minimum absolute atomic E-state index is 0. The Bertz CT molecular complexity index is 101. The minimum atomic E-state index is 0. The Morgan fingerprint density at radius 2 is 1.50 bits per heavy atom. The fraction of sp³-hybridized carbons (Fsp3) is 1.00. The number of nitrogens with one attached hydrogen (secondary N) is 1. The lowest BCUT2D eigenvalue weighted by atomic mass is 9.97. The Hall–Kier alpha value is -0.120. The molecule has 0 unspecified atom stereocenters. The quantitative estimate of drug-likeness (QED) is 0.701. The van der Waals surface area contributed by atoms with E-state index in [2.05, 4.69) is 42.5 Å². The van der Waals surface area contributed by atoms with Crippen molar-refractivity contribution in [2.75, 3.05) is 40.5 Å². The molecule has 0 rings (SSSR count). The third-order valence-electron chi connectivity index (χ3n) is 1.40. The monoisotopic (exact) mass is 207 g/mol. The van der Waals surface area contributed by atoms with Crippen LogP contribution < -0.4 is 5.32 Å². The van der Waals surface area contributed by atoms with Crippen LogP contribution in [0.4, 0.5) is 0 Å². The fourth-order valence-corrected chi connectivity index (χ4v) is 0.667. The maximum atomic E-state index is 4.66. The topological polar surface area (TPSA) is 30.5 Å². The summed E-state index contributed by atoms with van der Waals surface area (Å²) < 4.78 is 9.31. The van der Waals surface area contributed by atoms with Crippen molar-refractivity contribution in [2.45, 2.75) is 27.7 Å². The first-order valence-corrected chi connectivity index (χ1v) is 5.16. The second-order valence-electron chi connectivity index (χ2n) is 4.33. The molecule has 0 aliphatic carbocycles. The number of hydrogen-bond acceptors (Lipinski definition) is 3. The van der Waals surface area contributed by atoms with E-state index >= 15 is 0 Å². The van der Waals surface area contributed by atoms with E-state index in [-0.39, 0.29) is 1.43 Å². The van der Waals surface area contributed by atoms with Gasteiger partial charge in [-0.15, -0.1) is 0 Å². The highest BCUT2D eigenvalue weighted by molar-refractivity contribution is 4.63. The molecule has 0 aromatic carbocycles. The van der Waals surface area contributed by atoms with Gasteiger partial charge in [-0.05, 0) is 18.5 Å². The predicted molar refractivity (Wildman–Crippen MR) is 63.9 cm³/mol. The lowest BCUT2D eigenvalue weighted by Crippen LogP contribution is -2.26. The second kappa shape index (κ2) is 11.0. The van der Waals surface area contributed by atoms with Crippen LogP contribution in [0, 0.1) is 5.41 Å². The third-order valence-corrected chi connectivity index (χ3v) is 1.40. The van der Waals surface area contributed by atoms with Gasteiger partial charge >= 0.3 is 0 Å². The van der Waals surface area contributed by atoms with Gasteiger partial charge in [-0.3, -0.25) is 0 Å². The Labute approximate surface area is 90.7 Å². The average molecular weight is 207 g/mol. The average Bonchev–Trinajstić information content (AvgIpc) is 2.11. The second-order valence-corrected chi connectivity index (χ2v) is 4.33. The van der Waals surface area contributed by atoms with E-state index in [0.717, 1.165) is 13.1 Å². The van der Waals surface area contributed by atoms with Gasteiger partial charge in [0, 0.05) is 15.6 Å². The Morgan fingerprint density at radius 1 is 1.07 bits per heavy atom. The molecule has 3 nitrogen and oxygen atoms in total. The molecule has 0 aliphatic heterocycles. The van der Waals surface area contributed by atoms with Crippen molar-refractivity contribution < 1.29 is 10.9 Å². The van der Waals surface area contributed by atoms with E-state index in [1.165, 1.54) is 0 Å². The molecule has 14 heavy (non-hydrogen) atoms. The molecule has 0 spiro atoms. The van der Waals surface area contributed by atoms with E-state index in [4.69, 9.17) is 0 Å². The van der Waals surface area contributed by atoms with Crippen LogP contribution in [-0.2, 0) is 9.47 Å². The maximum Gasteiger partial charge on any atom is 0.0696 e. The molecule has 0 aliphatic rings. The summed E-state index contributed by atoms with van der Waals surface area (Å²) >= 11 is 0. The zero-order valence-electron chi connectivity index (χ0n) is 10.6. The molecule has 0 saturated heterocycles. The molecular formula is C11H29NO2.